The van der Waals surface area contributed by atoms with Crippen LogP contribution in [0.3, 0.4) is 0 Å². The lowest BCUT2D eigenvalue weighted by molar-refractivity contribution is -0.137. The first-order chi connectivity index (χ1) is 29.6. The predicted octanol–water partition coefficient (Wildman–Crippen LogP) is 8.68. The van der Waals surface area contributed by atoms with Gasteiger partial charge in [0.25, 0.3) is 0 Å². The molecule has 0 fully saturated rings. The van der Waals surface area contributed by atoms with Crippen molar-refractivity contribution in [2.75, 3.05) is 21.4 Å². The van der Waals surface area contributed by atoms with E-state index in [1.165, 1.54) is 36.4 Å². The Kier molecular flexibility index (Phi) is 18.8. The molecule has 0 aliphatic carbocycles. The van der Waals surface area contributed by atoms with Crippen LogP contribution in [0, 0.1) is 5.92 Å². The van der Waals surface area contributed by atoms with Crippen LogP contribution in [0.4, 0.5) is 17.1 Å². The zero-order valence-electron chi connectivity index (χ0n) is 35.6. The summed E-state index contributed by atoms with van der Waals surface area (Å²) in [7, 11) is -4.08. The van der Waals surface area contributed by atoms with E-state index in [0.717, 1.165) is 40.4 Å². The molecule has 0 saturated carbocycles. The van der Waals surface area contributed by atoms with Crippen molar-refractivity contribution in [1.82, 2.24) is 5.43 Å². The molecule has 2 atom stereocenters. The smallest absolute Gasteiger partial charge is 0.371 e. The number of anilines is 3. The standard InChI is InChI=1S/C25H30N2O6S.C21H28N2O5/c1-2-3-4-6-23(28)20-11-15-22(16-12-20)27(34(31,32)25-7-5-18-33-25)26-21-13-8-19(9-14-21)10-17-24(29)30;1-14(2)13-19(25)16-6-8-17(9-7-16)23(15(3)24)22-12-4-5-18-10-11-20(28-18)21(26)27/h5,7-9,11-16,18,23,26,28H,2-4,6,10,17H2,1H3,(H,29,30);6-11,14,19,22,25H,4-5,12-13H2,1-3H3,(H,26,27). The van der Waals surface area contributed by atoms with Crippen LogP contribution in [0.2, 0.25) is 0 Å². The number of hydrogen-bond donors (Lipinski definition) is 6. The molecule has 2 unspecified atom stereocenters. The summed E-state index contributed by atoms with van der Waals surface area (Å²) >= 11 is 0. The molecule has 5 rings (SSSR count). The molecule has 0 aliphatic rings. The van der Waals surface area contributed by atoms with E-state index in [2.05, 4.69) is 31.6 Å². The number of unbranched alkanes of at least 4 members (excludes halogenated alkanes) is 2. The molecule has 15 nitrogen and oxygen atoms in total. The Morgan fingerprint density at radius 3 is 1.97 bits per heavy atom. The maximum atomic E-state index is 13.3. The quantitative estimate of drug-likeness (QED) is 0.0267. The Balaban J connectivity index is 0.000000278. The van der Waals surface area contributed by atoms with Crippen LogP contribution >= 0.6 is 0 Å². The number of aliphatic hydroxyl groups is 2. The van der Waals surface area contributed by atoms with Crippen LogP contribution in [0.5, 0.6) is 0 Å². The van der Waals surface area contributed by atoms with Crippen molar-refractivity contribution in [3.8, 4) is 0 Å². The van der Waals surface area contributed by atoms with E-state index in [9.17, 15) is 33.0 Å². The number of rotatable bonds is 23. The van der Waals surface area contributed by atoms with Gasteiger partial charge in [0.1, 0.15) is 5.76 Å². The molecule has 0 saturated heterocycles. The minimum Gasteiger partial charge on any atom is -0.481 e. The number of aliphatic hydroxyl groups excluding tert-OH is 2. The lowest BCUT2D eigenvalue weighted by Crippen LogP contribution is -2.42. The fourth-order valence-corrected chi connectivity index (χ4v) is 7.59. The number of sulfonamides is 1. The summed E-state index contributed by atoms with van der Waals surface area (Å²) in [4.78, 5) is 33.6. The van der Waals surface area contributed by atoms with E-state index in [1.807, 2.05) is 12.1 Å². The number of carbonyl (C=O) groups is 3. The van der Waals surface area contributed by atoms with Crippen LogP contribution in [-0.2, 0) is 32.5 Å². The van der Waals surface area contributed by atoms with Gasteiger partial charge in [0, 0.05) is 26.3 Å². The summed E-state index contributed by atoms with van der Waals surface area (Å²) in [6.45, 7) is 8.21. The lowest BCUT2D eigenvalue weighted by atomic mass is 9.99. The van der Waals surface area contributed by atoms with Gasteiger partial charge in [0.15, 0.2) is 0 Å². The van der Waals surface area contributed by atoms with Crippen molar-refractivity contribution >= 4 is 44.9 Å². The molecular weight excluding hydrogens is 817 g/mol. The second kappa shape index (κ2) is 23.9. The van der Waals surface area contributed by atoms with Gasteiger partial charge in [0.2, 0.25) is 16.8 Å². The van der Waals surface area contributed by atoms with E-state index < -0.39 is 34.2 Å². The topological polar surface area (TPSA) is 223 Å². The van der Waals surface area contributed by atoms with Gasteiger partial charge in [-0.15, -0.1) is 0 Å². The van der Waals surface area contributed by atoms with Crippen LogP contribution in [-0.4, -0.2) is 53.2 Å². The third-order valence-electron chi connectivity index (χ3n) is 9.68. The first-order valence-corrected chi connectivity index (χ1v) is 22.1. The van der Waals surface area contributed by atoms with Gasteiger partial charge in [0.05, 0.1) is 35.5 Å². The molecule has 334 valence electrons. The molecule has 16 heteroatoms. The molecule has 2 heterocycles. The molecule has 5 aromatic rings. The van der Waals surface area contributed by atoms with Crippen LogP contribution < -0.4 is 20.3 Å². The molecule has 6 N–H and O–H groups in total. The SMILES string of the molecule is CC(=O)N(NCCCc1ccc(C(=O)O)o1)c1ccc(C(O)CC(C)C)cc1.CCCCCC(O)c1ccc(N(Nc2ccc(CCC(=O)O)cc2)S(=O)(=O)c2ccco2)cc1. The number of aryl methyl sites for hydroxylation is 2. The van der Waals surface area contributed by atoms with Gasteiger partial charge in [-0.1, -0.05) is 76.4 Å². The molecule has 0 aliphatic heterocycles. The van der Waals surface area contributed by atoms with Crippen molar-refractivity contribution in [3.05, 3.63) is 132 Å². The Labute approximate surface area is 363 Å². The minimum absolute atomic E-state index is 0.0163. The molecule has 1 amide bonds. The zero-order valence-corrected chi connectivity index (χ0v) is 36.4. The highest BCUT2D eigenvalue weighted by Crippen LogP contribution is 2.29. The second-order valence-corrected chi connectivity index (χ2v) is 16.9. The maximum Gasteiger partial charge on any atom is 0.371 e. The van der Waals surface area contributed by atoms with Crippen LogP contribution in [0.15, 0.2) is 117 Å². The third-order valence-corrected chi connectivity index (χ3v) is 11.2. The van der Waals surface area contributed by atoms with Gasteiger partial charge >= 0.3 is 22.0 Å². The van der Waals surface area contributed by atoms with Crippen molar-refractivity contribution < 1.29 is 52.1 Å². The summed E-state index contributed by atoms with van der Waals surface area (Å²) in [5, 5.41) is 39.6. The number of benzene rings is 3. The second-order valence-electron chi connectivity index (χ2n) is 15.2. The zero-order chi connectivity index (χ0) is 45.2. The molecule has 3 aromatic carbocycles. The number of carboxylic acid groups (broad SMARTS) is 2. The van der Waals surface area contributed by atoms with E-state index in [4.69, 9.17) is 19.0 Å². The highest BCUT2D eigenvalue weighted by Gasteiger charge is 2.28. The highest BCUT2D eigenvalue weighted by atomic mass is 32.2. The fourth-order valence-electron chi connectivity index (χ4n) is 6.36. The highest BCUT2D eigenvalue weighted by molar-refractivity contribution is 7.92. The lowest BCUT2D eigenvalue weighted by Gasteiger charge is -2.25. The molecule has 0 radical (unpaired) electrons. The molecular formula is C46H58N4O11S. The number of nitrogens with zero attached hydrogens (tertiary/aromatic N) is 2. The number of aromatic carboxylic acids is 1. The van der Waals surface area contributed by atoms with Gasteiger partial charge in [-0.2, -0.15) is 12.8 Å². The number of carboxylic acids is 2. The number of hydrazine groups is 2. The molecule has 2 aromatic heterocycles. The average molecular weight is 875 g/mol. The summed E-state index contributed by atoms with van der Waals surface area (Å²) in [5.74, 6) is -1.21. The Morgan fingerprint density at radius 1 is 0.774 bits per heavy atom. The van der Waals surface area contributed by atoms with Crippen molar-refractivity contribution in [3.63, 3.8) is 0 Å². The third kappa shape index (κ3) is 14.9. The molecule has 62 heavy (non-hydrogen) atoms. The van der Waals surface area contributed by atoms with Gasteiger partial charge in [-0.3, -0.25) is 15.0 Å². The van der Waals surface area contributed by atoms with E-state index in [-0.39, 0.29) is 23.2 Å². The normalized spacial score (nSPS) is 12.2. The van der Waals surface area contributed by atoms with Crippen LogP contribution in [0.25, 0.3) is 0 Å². The maximum absolute atomic E-state index is 13.3. The number of amides is 1. The van der Waals surface area contributed by atoms with E-state index in [1.54, 1.807) is 66.7 Å². The summed E-state index contributed by atoms with van der Waals surface area (Å²) in [6, 6.07) is 26.8. The Hall–Kier alpha value is -5.94. The first-order valence-electron chi connectivity index (χ1n) is 20.7. The molecule has 0 spiro atoms. The van der Waals surface area contributed by atoms with Crippen molar-refractivity contribution in [2.24, 2.45) is 5.92 Å². The summed E-state index contributed by atoms with van der Waals surface area (Å²) in [6.07, 6.45) is 6.15. The predicted molar refractivity (Wildman–Crippen MR) is 236 cm³/mol. The van der Waals surface area contributed by atoms with E-state index in [0.29, 0.717) is 67.4 Å². The summed E-state index contributed by atoms with van der Waals surface area (Å²) < 4.78 is 38.0. The van der Waals surface area contributed by atoms with Crippen LogP contribution in [0.1, 0.15) is 118 Å². The fraction of sp³-hybridized carbons (Fsp3) is 0.370. The Morgan fingerprint density at radius 2 is 1.42 bits per heavy atom. The largest absolute Gasteiger partial charge is 0.481 e. The average Bonchev–Trinajstić information content (AvgIpc) is 3.97. The number of carbonyl (C=O) groups excluding carboxylic acids is 1. The van der Waals surface area contributed by atoms with Crippen molar-refractivity contribution in [1.29, 1.82) is 0 Å². The number of furan rings is 2. The van der Waals surface area contributed by atoms with E-state index >= 15 is 0 Å². The minimum atomic E-state index is -4.08. The number of hydrogen-bond acceptors (Lipinski definition) is 11. The monoisotopic (exact) mass is 874 g/mol. The molecule has 0 bridgehead atoms. The first kappa shape index (κ1) is 48.7. The summed E-state index contributed by atoms with van der Waals surface area (Å²) in [5.41, 5.74) is 9.90. The van der Waals surface area contributed by atoms with Gasteiger partial charge in [-0.25, -0.2) is 15.2 Å². The van der Waals surface area contributed by atoms with Gasteiger partial charge < -0.3 is 29.3 Å². The number of nitrogens with one attached hydrogen (secondary N) is 2. The van der Waals surface area contributed by atoms with Crippen molar-refractivity contribution in [2.45, 2.75) is 103 Å². The number of aliphatic carboxylic acids is 1. The van der Waals surface area contributed by atoms with Gasteiger partial charge in [-0.05, 0) is 109 Å². The Bertz CT molecular complexity index is 2240.